The zero-order valence-corrected chi connectivity index (χ0v) is 21.6. The van der Waals surface area contributed by atoms with Gasteiger partial charge in [0.25, 0.3) is 0 Å². The lowest BCUT2D eigenvalue weighted by molar-refractivity contribution is 0.355. The number of nitrogens with one attached hydrogen (secondary N) is 1. The van der Waals surface area contributed by atoms with Gasteiger partial charge in [-0.15, -0.1) is 22.0 Å². The molecular weight excluding hydrogens is 464 g/mol. The molecule has 0 bridgehead atoms. The first-order chi connectivity index (χ1) is 16.5. The molecule has 3 N–H and O–H groups in total. The molecule has 9 nitrogen and oxygen atoms in total. The maximum atomic E-state index is 12.8. The first kappa shape index (κ1) is 26.2. The maximum absolute atomic E-state index is 12.8. The van der Waals surface area contributed by atoms with Crippen LogP contribution in [0.4, 0.5) is 11.6 Å². The largest absolute Gasteiger partial charge is 0.419 e. The Balaban J connectivity index is 1.96. The lowest BCUT2D eigenvalue weighted by Gasteiger charge is -2.22. The standard InChI is InChI=1S/C25H32N6O3S/c1-6-7-11-14-27-21-15-20(16-22(28-21)31(5)35(32,33)18(2)3)23-29-30-24(34-23)25(4,26)17-19-12-9-8-10-13-19/h8-10,12-13,15-16,18H,11,14,17,26H2,1-5H3,(H,27,28)/t25-/m1/s1. The summed E-state index contributed by atoms with van der Waals surface area (Å²) in [5.74, 6) is 7.04. The fraction of sp³-hybridized carbons (Fsp3) is 0.400. The molecule has 0 aliphatic heterocycles. The summed E-state index contributed by atoms with van der Waals surface area (Å²) < 4.78 is 32.7. The van der Waals surface area contributed by atoms with Gasteiger partial charge in [0.1, 0.15) is 11.6 Å². The molecule has 0 aliphatic rings. The third kappa shape index (κ3) is 6.38. The van der Waals surface area contributed by atoms with Crippen LogP contribution in [-0.4, -0.2) is 42.4 Å². The van der Waals surface area contributed by atoms with Gasteiger partial charge in [-0.3, -0.25) is 4.31 Å². The van der Waals surface area contributed by atoms with Crippen LogP contribution in [-0.2, 0) is 22.0 Å². The van der Waals surface area contributed by atoms with Crippen molar-refractivity contribution in [1.82, 2.24) is 15.2 Å². The highest BCUT2D eigenvalue weighted by atomic mass is 32.2. The number of nitrogens with zero attached hydrogens (tertiary/aromatic N) is 4. The molecule has 3 rings (SSSR count). The van der Waals surface area contributed by atoms with Crippen molar-refractivity contribution in [3.8, 4) is 23.3 Å². The summed E-state index contributed by atoms with van der Waals surface area (Å²) in [6, 6.07) is 13.2. The number of aromatic nitrogens is 3. The van der Waals surface area contributed by atoms with E-state index in [0.717, 1.165) is 9.87 Å². The second kappa shape index (κ2) is 10.9. The van der Waals surface area contributed by atoms with E-state index < -0.39 is 20.8 Å². The van der Waals surface area contributed by atoms with Crippen molar-refractivity contribution >= 4 is 21.7 Å². The van der Waals surface area contributed by atoms with Gasteiger partial charge < -0.3 is 15.5 Å². The van der Waals surface area contributed by atoms with Crippen LogP contribution in [0, 0.1) is 11.8 Å². The van der Waals surface area contributed by atoms with Crippen LogP contribution in [0.3, 0.4) is 0 Å². The molecular formula is C25H32N6O3S. The van der Waals surface area contributed by atoms with E-state index in [1.165, 1.54) is 7.05 Å². The average Bonchev–Trinajstić information content (AvgIpc) is 3.33. The molecule has 2 heterocycles. The molecule has 35 heavy (non-hydrogen) atoms. The molecule has 0 fully saturated rings. The van der Waals surface area contributed by atoms with Crippen LogP contribution in [0.1, 0.15) is 45.6 Å². The summed E-state index contributed by atoms with van der Waals surface area (Å²) >= 11 is 0. The molecule has 0 saturated heterocycles. The number of sulfonamides is 1. The van der Waals surface area contributed by atoms with Gasteiger partial charge in [-0.2, -0.15) is 0 Å². The fourth-order valence-corrected chi connectivity index (χ4v) is 4.37. The van der Waals surface area contributed by atoms with Gasteiger partial charge >= 0.3 is 0 Å². The SMILES string of the molecule is CC#CCCNc1cc(-c2nnc([C@](C)(N)Cc3ccccc3)o2)cc(N(C)S(=O)(=O)C(C)C)n1. The Labute approximate surface area is 207 Å². The summed E-state index contributed by atoms with van der Waals surface area (Å²) in [5, 5.41) is 11.0. The van der Waals surface area contributed by atoms with E-state index in [9.17, 15) is 8.42 Å². The van der Waals surface area contributed by atoms with Gasteiger partial charge in [0.2, 0.25) is 21.8 Å². The van der Waals surface area contributed by atoms with Gasteiger partial charge in [-0.1, -0.05) is 30.3 Å². The minimum atomic E-state index is -3.59. The van der Waals surface area contributed by atoms with Crippen molar-refractivity contribution in [3.63, 3.8) is 0 Å². The molecule has 0 radical (unpaired) electrons. The van der Waals surface area contributed by atoms with Crippen LogP contribution in [0.5, 0.6) is 0 Å². The molecule has 1 aromatic carbocycles. The van der Waals surface area contributed by atoms with E-state index in [1.54, 1.807) is 32.9 Å². The first-order valence-electron chi connectivity index (χ1n) is 11.3. The number of hydrogen-bond acceptors (Lipinski definition) is 8. The van der Waals surface area contributed by atoms with Crippen molar-refractivity contribution in [2.24, 2.45) is 5.73 Å². The molecule has 1 atom stereocenters. The van der Waals surface area contributed by atoms with E-state index in [-0.39, 0.29) is 17.6 Å². The number of anilines is 2. The molecule has 2 aromatic heterocycles. The zero-order valence-electron chi connectivity index (χ0n) is 20.7. The van der Waals surface area contributed by atoms with Crippen molar-refractivity contribution in [2.75, 3.05) is 23.2 Å². The average molecular weight is 497 g/mol. The van der Waals surface area contributed by atoms with Gasteiger partial charge in [0, 0.05) is 25.6 Å². The van der Waals surface area contributed by atoms with Crippen LogP contribution in [0.15, 0.2) is 46.9 Å². The lowest BCUT2D eigenvalue weighted by atomic mass is 9.94. The van der Waals surface area contributed by atoms with Gasteiger partial charge in [-0.25, -0.2) is 13.4 Å². The highest BCUT2D eigenvalue weighted by Gasteiger charge is 2.30. The normalized spacial score (nSPS) is 13.1. The van der Waals surface area contributed by atoms with Gasteiger partial charge in [-0.05, 0) is 51.8 Å². The second-order valence-corrected chi connectivity index (χ2v) is 11.3. The van der Waals surface area contributed by atoms with E-state index in [1.807, 2.05) is 37.3 Å². The Kier molecular flexibility index (Phi) is 8.14. The minimum Gasteiger partial charge on any atom is -0.419 e. The summed E-state index contributed by atoms with van der Waals surface area (Å²) in [4.78, 5) is 4.49. The topological polar surface area (TPSA) is 127 Å². The van der Waals surface area contributed by atoms with Crippen molar-refractivity contribution < 1.29 is 12.8 Å². The number of pyridine rings is 1. The number of benzene rings is 1. The highest BCUT2D eigenvalue weighted by molar-refractivity contribution is 7.93. The predicted molar refractivity (Wildman–Crippen MR) is 138 cm³/mol. The predicted octanol–water partition coefficient (Wildman–Crippen LogP) is 3.55. The van der Waals surface area contributed by atoms with Gasteiger partial charge in [0.05, 0.1) is 10.8 Å². The quantitative estimate of drug-likeness (QED) is 0.322. The summed E-state index contributed by atoms with van der Waals surface area (Å²) in [7, 11) is -2.12. The Bertz CT molecular complexity index is 1310. The first-order valence-corrected chi connectivity index (χ1v) is 12.9. The van der Waals surface area contributed by atoms with Crippen molar-refractivity contribution in [1.29, 1.82) is 0 Å². The van der Waals surface area contributed by atoms with Gasteiger partial charge in [0.15, 0.2) is 0 Å². The minimum absolute atomic E-state index is 0.222. The Morgan fingerprint density at radius 3 is 2.57 bits per heavy atom. The van der Waals surface area contributed by atoms with E-state index in [0.29, 0.717) is 30.8 Å². The van der Waals surface area contributed by atoms with E-state index >= 15 is 0 Å². The molecule has 0 spiro atoms. The smallest absolute Gasteiger partial charge is 0.248 e. The van der Waals surface area contributed by atoms with E-state index in [4.69, 9.17) is 10.2 Å². The summed E-state index contributed by atoms with van der Waals surface area (Å²) in [5.41, 5.74) is 7.22. The molecule has 186 valence electrons. The lowest BCUT2D eigenvalue weighted by Crippen LogP contribution is -2.35. The zero-order chi connectivity index (χ0) is 25.6. The molecule has 0 saturated carbocycles. The summed E-state index contributed by atoms with van der Waals surface area (Å²) in [6.07, 6.45) is 1.13. The molecule has 0 amide bonds. The highest BCUT2D eigenvalue weighted by Crippen LogP contribution is 2.30. The van der Waals surface area contributed by atoms with Crippen LogP contribution < -0.4 is 15.4 Å². The molecule has 0 aliphatic carbocycles. The van der Waals surface area contributed by atoms with E-state index in [2.05, 4.69) is 32.3 Å². The van der Waals surface area contributed by atoms with Crippen LogP contribution >= 0.6 is 0 Å². The monoisotopic (exact) mass is 496 g/mol. The molecule has 0 unspecified atom stereocenters. The number of hydrogen-bond donors (Lipinski definition) is 2. The van der Waals surface area contributed by atoms with Crippen LogP contribution in [0.2, 0.25) is 0 Å². The molecule has 10 heteroatoms. The number of rotatable bonds is 10. The molecule has 3 aromatic rings. The third-order valence-corrected chi connectivity index (χ3v) is 7.56. The third-order valence-electron chi connectivity index (χ3n) is 5.42. The second-order valence-electron chi connectivity index (χ2n) is 8.76. The fourth-order valence-electron chi connectivity index (χ4n) is 3.38. The maximum Gasteiger partial charge on any atom is 0.248 e. The number of nitrogens with two attached hydrogens (primary N) is 1. The van der Waals surface area contributed by atoms with Crippen molar-refractivity contribution in [3.05, 3.63) is 53.9 Å². The van der Waals surface area contributed by atoms with Crippen LogP contribution in [0.25, 0.3) is 11.5 Å². The Morgan fingerprint density at radius 2 is 1.91 bits per heavy atom. The Morgan fingerprint density at radius 1 is 1.20 bits per heavy atom. The summed E-state index contributed by atoms with van der Waals surface area (Å²) in [6.45, 7) is 7.40. The Hall–Kier alpha value is -3.42. The van der Waals surface area contributed by atoms with Crippen molar-refractivity contribution in [2.45, 2.75) is 51.3 Å².